The van der Waals surface area contributed by atoms with Gasteiger partial charge in [-0.25, -0.2) is 18.1 Å². The van der Waals surface area contributed by atoms with Crippen molar-refractivity contribution >= 4 is 15.7 Å². The van der Waals surface area contributed by atoms with E-state index < -0.39 is 10.0 Å². The topological polar surface area (TPSA) is 89.5 Å². The lowest BCUT2D eigenvalue weighted by Gasteiger charge is -2.02. The molecule has 0 unspecified atom stereocenters. The van der Waals surface area contributed by atoms with Crippen LogP contribution in [0.5, 0.6) is 0 Å². The van der Waals surface area contributed by atoms with Crippen molar-refractivity contribution < 1.29 is 12.9 Å². The molecule has 0 spiro atoms. The lowest BCUT2D eigenvalue weighted by molar-refractivity contribution is 0.413. The first-order valence-corrected chi connectivity index (χ1v) is 7.99. The molecule has 0 aromatic carbocycles. The van der Waals surface area contributed by atoms with Gasteiger partial charge in [-0.15, -0.1) is 0 Å². The van der Waals surface area contributed by atoms with E-state index in [0.29, 0.717) is 11.4 Å². The Morgan fingerprint density at radius 1 is 1.29 bits per heavy atom. The fourth-order valence-electron chi connectivity index (χ4n) is 2.03. The molecule has 1 N–H and O–H groups in total. The number of pyridine rings is 1. The van der Waals surface area contributed by atoms with E-state index in [9.17, 15) is 8.42 Å². The summed E-state index contributed by atoms with van der Waals surface area (Å²) in [5.41, 5.74) is 2.86. The molecule has 3 aromatic rings. The molecule has 21 heavy (non-hydrogen) atoms. The van der Waals surface area contributed by atoms with Gasteiger partial charge in [0.2, 0.25) is 10.0 Å². The van der Waals surface area contributed by atoms with Gasteiger partial charge >= 0.3 is 0 Å². The number of hydrogen-bond donors (Lipinski definition) is 1. The quantitative estimate of drug-likeness (QED) is 0.766. The van der Waals surface area contributed by atoms with Crippen molar-refractivity contribution in [3.8, 4) is 0 Å². The van der Waals surface area contributed by atoms with Gasteiger partial charge in [-0.1, -0.05) is 11.2 Å². The van der Waals surface area contributed by atoms with E-state index in [1.807, 2.05) is 35.7 Å². The average molecular weight is 306 g/mol. The Labute approximate surface area is 121 Å². The first kappa shape index (κ1) is 13.8. The van der Waals surface area contributed by atoms with Gasteiger partial charge in [0.05, 0.1) is 17.9 Å². The van der Waals surface area contributed by atoms with E-state index in [-0.39, 0.29) is 12.3 Å². The fourth-order valence-corrected chi connectivity index (χ4v) is 3.03. The van der Waals surface area contributed by atoms with Crippen LogP contribution in [-0.4, -0.2) is 23.0 Å². The Kier molecular flexibility index (Phi) is 3.48. The summed E-state index contributed by atoms with van der Waals surface area (Å²) in [7, 11) is -3.47. The van der Waals surface area contributed by atoms with Crippen LogP contribution in [0.2, 0.25) is 0 Å². The van der Waals surface area contributed by atoms with Gasteiger partial charge in [0.1, 0.15) is 17.7 Å². The van der Waals surface area contributed by atoms with Crippen LogP contribution < -0.4 is 4.72 Å². The second-order valence-corrected chi connectivity index (χ2v) is 6.51. The Morgan fingerprint density at radius 2 is 2.14 bits per heavy atom. The highest BCUT2D eigenvalue weighted by atomic mass is 32.2. The predicted molar refractivity (Wildman–Crippen MR) is 75.9 cm³/mol. The molecule has 0 atom stereocenters. The highest BCUT2D eigenvalue weighted by molar-refractivity contribution is 7.88. The number of aromatic nitrogens is 3. The van der Waals surface area contributed by atoms with Crippen LogP contribution in [0, 0.1) is 6.92 Å². The van der Waals surface area contributed by atoms with Gasteiger partial charge in [0.25, 0.3) is 0 Å². The minimum atomic E-state index is -3.47. The van der Waals surface area contributed by atoms with E-state index in [1.165, 1.54) is 12.3 Å². The number of nitrogens with zero attached hydrogens (tertiary/aromatic N) is 3. The van der Waals surface area contributed by atoms with Gasteiger partial charge in [0, 0.05) is 18.0 Å². The maximum atomic E-state index is 11.9. The minimum absolute atomic E-state index is 0.140. The third kappa shape index (κ3) is 3.11. The molecule has 0 aliphatic carbocycles. The molecule has 0 saturated heterocycles. The molecule has 0 saturated carbocycles. The molecule has 0 fully saturated rings. The SMILES string of the molecule is Cc1cccc2nc(CNS(=O)(=O)Cc3ccon3)cn12. The molecule has 7 nitrogen and oxygen atoms in total. The Morgan fingerprint density at radius 3 is 2.86 bits per heavy atom. The van der Waals surface area contributed by atoms with Crippen LogP contribution in [0.3, 0.4) is 0 Å². The molecular formula is C13H14N4O3S. The summed E-state index contributed by atoms with van der Waals surface area (Å²) in [4.78, 5) is 4.38. The maximum Gasteiger partial charge on any atom is 0.217 e. The van der Waals surface area contributed by atoms with Gasteiger partial charge in [-0.2, -0.15) is 0 Å². The first-order chi connectivity index (χ1) is 10.0. The number of hydrogen-bond acceptors (Lipinski definition) is 5. The van der Waals surface area contributed by atoms with Crippen LogP contribution in [0.1, 0.15) is 17.1 Å². The lowest BCUT2D eigenvalue weighted by Crippen LogP contribution is -2.25. The number of nitrogens with one attached hydrogen (secondary N) is 1. The van der Waals surface area contributed by atoms with Crippen molar-refractivity contribution in [1.82, 2.24) is 19.3 Å². The Hall–Kier alpha value is -2.19. The van der Waals surface area contributed by atoms with Gasteiger partial charge in [-0.05, 0) is 19.1 Å². The molecule has 3 rings (SSSR count). The van der Waals surface area contributed by atoms with Crippen LogP contribution in [0.25, 0.3) is 5.65 Å². The van der Waals surface area contributed by atoms with Crippen molar-refractivity contribution in [1.29, 1.82) is 0 Å². The van der Waals surface area contributed by atoms with Gasteiger partial charge in [-0.3, -0.25) is 0 Å². The zero-order chi connectivity index (χ0) is 14.9. The molecule has 8 heteroatoms. The van der Waals surface area contributed by atoms with Crippen molar-refractivity contribution in [3.05, 3.63) is 53.8 Å². The largest absolute Gasteiger partial charge is 0.364 e. The molecule has 0 aliphatic heterocycles. The number of fused-ring (bicyclic) bond motifs is 1. The lowest BCUT2D eigenvalue weighted by atomic mass is 10.4. The second-order valence-electron chi connectivity index (χ2n) is 4.70. The zero-order valence-electron chi connectivity index (χ0n) is 11.4. The molecular weight excluding hydrogens is 292 g/mol. The number of rotatable bonds is 5. The normalized spacial score (nSPS) is 12.0. The maximum absolute atomic E-state index is 11.9. The van der Waals surface area contributed by atoms with Crippen LogP contribution >= 0.6 is 0 Å². The van der Waals surface area contributed by atoms with Crippen LogP contribution in [-0.2, 0) is 22.3 Å². The van der Waals surface area contributed by atoms with E-state index in [1.54, 1.807) is 0 Å². The smallest absolute Gasteiger partial charge is 0.217 e. The van der Waals surface area contributed by atoms with E-state index >= 15 is 0 Å². The summed E-state index contributed by atoms with van der Waals surface area (Å²) in [5, 5.41) is 3.59. The summed E-state index contributed by atoms with van der Waals surface area (Å²) in [6, 6.07) is 7.28. The second kappa shape index (κ2) is 5.30. The molecule has 0 bridgehead atoms. The summed E-state index contributed by atoms with van der Waals surface area (Å²) in [6.45, 7) is 2.11. The molecule has 0 amide bonds. The fraction of sp³-hybridized carbons (Fsp3) is 0.231. The number of aryl methyl sites for hydroxylation is 1. The predicted octanol–water partition coefficient (Wildman–Crippen LogP) is 1.25. The van der Waals surface area contributed by atoms with E-state index in [4.69, 9.17) is 0 Å². The van der Waals surface area contributed by atoms with Crippen molar-refractivity contribution in [2.45, 2.75) is 19.2 Å². The number of imidazole rings is 1. The zero-order valence-corrected chi connectivity index (χ0v) is 12.2. The summed E-state index contributed by atoms with van der Waals surface area (Å²) >= 11 is 0. The summed E-state index contributed by atoms with van der Waals surface area (Å²) in [6.07, 6.45) is 3.17. The highest BCUT2D eigenvalue weighted by Gasteiger charge is 2.14. The third-order valence-corrected chi connectivity index (χ3v) is 4.31. The van der Waals surface area contributed by atoms with Crippen LogP contribution in [0.15, 0.2) is 41.2 Å². The number of sulfonamides is 1. The molecule has 0 aliphatic rings. The van der Waals surface area contributed by atoms with Crippen molar-refractivity contribution in [2.24, 2.45) is 0 Å². The van der Waals surface area contributed by atoms with Crippen molar-refractivity contribution in [3.63, 3.8) is 0 Å². The van der Waals surface area contributed by atoms with Crippen LogP contribution in [0.4, 0.5) is 0 Å². The molecule has 3 heterocycles. The molecule has 3 aromatic heterocycles. The average Bonchev–Trinajstić information content (AvgIpc) is 3.05. The highest BCUT2D eigenvalue weighted by Crippen LogP contribution is 2.09. The van der Waals surface area contributed by atoms with Gasteiger partial charge < -0.3 is 8.92 Å². The molecule has 0 radical (unpaired) electrons. The summed E-state index contributed by atoms with van der Waals surface area (Å²) < 4.78 is 32.9. The first-order valence-electron chi connectivity index (χ1n) is 6.34. The standard InChI is InChI=1S/C13H14N4O3S/c1-10-3-2-4-13-15-12(8-17(10)13)7-14-21(18,19)9-11-5-6-20-16-11/h2-6,8,14H,7,9H2,1H3. The third-order valence-electron chi connectivity index (χ3n) is 3.05. The van der Waals surface area contributed by atoms with E-state index in [0.717, 1.165) is 11.3 Å². The monoisotopic (exact) mass is 306 g/mol. The molecule has 110 valence electrons. The Bertz CT molecular complexity index is 853. The van der Waals surface area contributed by atoms with Gasteiger partial charge in [0.15, 0.2) is 0 Å². The minimum Gasteiger partial charge on any atom is -0.364 e. The van der Waals surface area contributed by atoms with E-state index in [2.05, 4.69) is 19.4 Å². The van der Waals surface area contributed by atoms with Crippen molar-refractivity contribution in [2.75, 3.05) is 0 Å². The Balaban J connectivity index is 1.72. The summed E-state index contributed by atoms with van der Waals surface area (Å²) in [5.74, 6) is -0.212.